The summed E-state index contributed by atoms with van der Waals surface area (Å²) >= 11 is 4.61. The maximum atomic E-state index is 12.7. The van der Waals surface area contributed by atoms with Crippen molar-refractivity contribution in [1.29, 1.82) is 0 Å². The molecule has 1 aromatic carbocycles. The Morgan fingerprint density at radius 3 is 2.53 bits per heavy atom. The summed E-state index contributed by atoms with van der Waals surface area (Å²) in [5.41, 5.74) is 4.45. The third kappa shape index (κ3) is 4.09. The number of nitrogens with two attached hydrogens (primary N) is 1. The van der Waals surface area contributed by atoms with Crippen LogP contribution in [-0.4, -0.2) is 24.5 Å². The van der Waals surface area contributed by atoms with Crippen molar-refractivity contribution in [2.75, 3.05) is 18.9 Å². The number of hydrogen-bond acceptors (Lipinski definition) is 3. The van der Waals surface area contributed by atoms with Crippen molar-refractivity contribution in [3.8, 4) is 0 Å². The standard InChI is InChI=1S/C11H12F3N3OS/c1-16-9(18)5-17-6-2-3-8(11(12,13)14)7(4-6)10(15)19/h2-4,17H,5H2,1H3,(H2,15,19)(H,16,18). The highest BCUT2D eigenvalue weighted by molar-refractivity contribution is 7.80. The minimum atomic E-state index is -4.53. The first-order valence-corrected chi connectivity index (χ1v) is 5.62. The molecule has 8 heteroatoms. The van der Waals surface area contributed by atoms with Crippen molar-refractivity contribution in [2.24, 2.45) is 5.73 Å². The van der Waals surface area contributed by atoms with E-state index in [4.69, 9.17) is 5.73 Å². The van der Waals surface area contributed by atoms with Gasteiger partial charge in [-0.05, 0) is 18.2 Å². The van der Waals surface area contributed by atoms with Crippen LogP contribution in [0.15, 0.2) is 18.2 Å². The SMILES string of the molecule is CNC(=O)CNc1ccc(C(F)(F)F)c(C(N)=S)c1. The molecule has 0 fully saturated rings. The molecule has 0 spiro atoms. The number of amides is 1. The molecule has 0 aromatic heterocycles. The van der Waals surface area contributed by atoms with Crippen molar-refractivity contribution >= 4 is 28.8 Å². The second-order valence-electron chi connectivity index (χ2n) is 3.65. The van der Waals surface area contributed by atoms with E-state index in [-0.39, 0.29) is 23.0 Å². The summed E-state index contributed by atoms with van der Waals surface area (Å²) in [6, 6.07) is 3.27. The van der Waals surface area contributed by atoms with Gasteiger partial charge in [0.2, 0.25) is 5.91 Å². The molecule has 4 nitrogen and oxygen atoms in total. The number of alkyl halides is 3. The van der Waals surface area contributed by atoms with E-state index in [0.29, 0.717) is 5.69 Å². The fourth-order valence-corrected chi connectivity index (χ4v) is 1.54. The molecule has 0 radical (unpaired) electrons. The van der Waals surface area contributed by atoms with Gasteiger partial charge < -0.3 is 16.4 Å². The van der Waals surface area contributed by atoms with Crippen LogP contribution in [0.4, 0.5) is 18.9 Å². The Kier molecular flexibility index (Phi) is 4.71. The van der Waals surface area contributed by atoms with Crippen molar-refractivity contribution in [3.05, 3.63) is 29.3 Å². The number of hydrogen-bond donors (Lipinski definition) is 3. The predicted octanol–water partition coefficient (Wildman–Crippen LogP) is 1.50. The molecule has 1 rings (SSSR count). The molecule has 0 atom stereocenters. The maximum absolute atomic E-state index is 12.7. The second-order valence-corrected chi connectivity index (χ2v) is 4.09. The monoisotopic (exact) mass is 291 g/mol. The second kappa shape index (κ2) is 5.87. The summed E-state index contributed by atoms with van der Waals surface area (Å²) in [5.74, 6) is -0.295. The average molecular weight is 291 g/mol. The zero-order valence-corrected chi connectivity index (χ0v) is 10.8. The van der Waals surface area contributed by atoms with E-state index in [1.807, 2.05) is 0 Å². The van der Waals surface area contributed by atoms with Gasteiger partial charge in [0.05, 0.1) is 12.1 Å². The van der Waals surface area contributed by atoms with Gasteiger partial charge in [0.1, 0.15) is 4.99 Å². The van der Waals surface area contributed by atoms with Crippen LogP contribution in [-0.2, 0) is 11.0 Å². The van der Waals surface area contributed by atoms with Crippen LogP contribution in [0.5, 0.6) is 0 Å². The van der Waals surface area contributed by atoms with E-state index in [2.05, 4.69) is 22.9 Å². The third-order valence-corrected chi connectivity index (χ3v) is 2.54. The van der Waals surface area contributed by atoms with E-state index >= 15 is 0 Å². The van der Waals surface area contributed by atoms with E-state index in [1.165, 1.54) is 19.2 Å². The largest absolute Gasteiger partial charge is 0.417 e. The van der Waals surface area contributed by atoms with Crippen LogP contribution in [0.2, 0.25) is 0 Å². The van der Waals surface area contributed by atoms with Gasteiger partial charge in [0.25, 0.3) is 0 Å². The van der Waals surface area contributed by atoms with Crippen molar-refractivity contribution < 1.29 is 18.0 Å². The molecule has 4 N–H and O–H groups in total. The number of anilines is 1. The van der Waals surface area contributed by atoms with Crippen molar-refractivity contribution in [2.45, 2.75) is 6.18 Å². The topological polar surface area (TPSA) is 67.2 Å². The number of carbonyl (C=O) groups is 1. The molecule has 0 saturated heterocycles. The van der Waals surface area contributed by atoms with Crippen LogP contribution in [0.25, 0.3) is 0 Å². The summed E-state index contributed by atoms with van der Waals surface area (Å²) in [6.07, 6.45) is -4.53. The number of nitrogens with one attached hydrogen (secondary N) is 2. The normalized spacial score (nSPS) is 10.9. The van der Waals surface area contributed by atoms with E-state index < -0.39 is 11.7 Å². The van der Waals surface area contributed by atoms with Crippen LogP contribution in [0.3, 0.4) is 0 Å². The lowest BCUT2D eigenvalue weighted by atomic mass is 10.1. The first kappa shape index (κ1) is 15.2. The van der Waals surface area contributed by atoms with E-state index in [1.54, 1.807) is 0 Å². The van der Waals surface area contributed by atoms with Gasteiger partial charge >= 0.3 is 6.18 Å². The van der Waals surface area contributed by atoms with Crippen LogP contribution in [0.1, 0.15) is 11.1 Å². The maximum Gasteiger partial charge on any atom is 0.417 e. The molecule has 0 saturated carbocycles. The Hall–Kier alpha value is -1.83. The van der Waals surface area contributed by atoms with E-state index in [0.717, 1.165) is 6.07 Å². The van der Waals surface area contributed by atoms with Gasteiger partial charge in [-0.2, -0.15) is 13.2 Å². The minimum Gasteiger partial charge on any atom is -0.389 e. The zero-order valence-electron chi connectivity index (χ0n) is 9.97. The Labute approximate surface area is 113 Å². The quantitative estimate of drug-likeness (QED) is 0.735. The van der Waals surface area contributed by atoms with Crippen LogP contribution in [0, 0.1) is 0 Å². The molecule has 0 aliphatic carbocycles. The first-order valence-electron chi connectivity index (χ1n) is 5.21. The highest BCUT2D eigenvalue weighted by Gasteiger charge is 2.34. The van der Waals surface area contributed by atoms with Gasteiger partial charge in [-0.15, -0.1) is 0 Å². The highest BCUT2D eigenvalue weighted by atomic mass is 32.1. The number of carbonyl (C=O) groups excluding carboxylic acids is 1. The average Bonchev–Trinajstić information content (AvgIpc) is 2.34. The summed E-state index contributed by atoms with van der Waals surface area (Å²) in [4.78, 5) is 10.7. The lowest BCUT2D eigenvalue weighted by Gasteiger charge is -2.14. The molecule has 1 amide bonds. The Morgan fingerprint density at radius 1 is 1.42 bits per heavy atom. The summed E-state index contributed by atoms with van der Waals surface area (Å²) in [6.45, 7) is -0.0569. The Bertz CT molecular complexity index is 502. The minimum absolute atomic E-state index is 0.0569. The molecule has 19 heavy (non-hydrogen) atoms. The number of rotatable bonds is 4. The fraction of sp³-hybridized carbons (Fsp3) is 0.273. The highest BCUT2D eigenvalue weighted by Crippen LogP contribution is 2.33. The fourth-order valence-electron chi connectivity index (χ4n) is 1.38. The van der Waals surface area contributed by atoms with Gasteiger partial charge in [0.15, 0.2) is 0 Å². The summed E-state index contributed by atoms with van der Waals surface area (Å²) in [5, 5.41) is 5.05. The third-order valence-electron chi connectivity index (χ3n) is 2.32. The number of thiocarbonyl (C=S) groups is 1. The van der Waals surface area contributed by atoms with Crippen molar-refractivity contribution in [3.63, 3.8) is 0 Å². The molecule has 0 bridgehead atoms. The molecule has 0 aliphatic heterocycles. The van der Waals surface area contributed by atoms with Gasteiger partial charge in [-0.3, -0.25) is 4.79 Å². The molecule has 0 aliphatic rings. The predicted molar refractivity (Wildman–Crippen MR) is 69.9 cm³/mol. The number of likely N-dealkylation sites (N-methyl/N-ethyl adjacent to an activating group) is 1. The Morgan fingerprint density at radius 2 is 2.05 bits per heavy atom. The summed E-state index contributed by atoms with van der Waals surface area (Å²) in [7, 11) is 1.46. The lowest BCUT2D eigenvalue weighted by Crippen LogP contribution is -2.26. The van der Waals surface area contributed by atoms with E-state index in [9.17, 15) is 18.0 Å². The smallest absolute Gasteiger partial charge is 0.389 e. The molecule has 0 heterocycles. The Balaban J connectivity index is 3.03. The molecule has 104 valence electrons. The first-order chi connectivity index (χ1) is 8.75. The number of halogens is 3. The summed E-state index contributed by atoms with van der Waals surface area (Å²) < 4.78 is 38.1. The molecule has 1 aromatic rings. The zero-order chi connectivity index (χ0) is 14.6. The molecule has 0 unspecified atom stereocenters. The number of benzene rings is 1. The van der Waals surface area contributed by atoms with Crippen molar-refractivity contribution in [1.82, 2.24) is 5.32 Å². The molecular weight excluding hydrogens is 279 g/mol. The molecular formula is C11H12F3N3OS. The lowest BCUT2D eigenvalue weighted by molar-refractivity contribution is -0.137. The van der Waals surface area contributed by atoms with Crippen LogP contribution < -0.4 is 16.4 Å². The van der Waals surface area contributed by atoms with Gasteiger partial charge in [-0.1, -0.05) is 12.2 Å². The van der Waals surface area contributed by atoms with Gasteiger partial charge in [-0.25, -0.2) is 0 Å². The van der Waals surface area contributed by atoms with Gasteiger partial charge in [0, 0.05) is 18.3 Å². The van der Waals surface area contributed by atoms with Crippen LogP contribution >= 0.6 is 12.2 Å².